The van der Waals surface area contributed by atoms with Crippen LogP contribution >= 0.6 is 0 Å². The molecule has 2 heterocycles. The third-order valence-corrected chi connectivity index (χ3v) is 5.27. The van der Waals surface area contributed by atoms with E-state index in [9.17, 15) is 15.0 Å². The topological polar surface area (TPSA) is 97.1 Å². The van der Waals surface area contributed by atoms with Crippen LogP contribution in [0.2, 0.25) is 0 Å². The zero-order valence-corrected chi connectivity index (χ0v) is 17.3. The lowest BCUT2D eigenvalue weighted by Gasteiger charge is -2.18. The first-order valence-corrected chi connectivity index (χ1v) is 9.43. The number of methoxy groups -OCH3 is 2. The maximum absolute atomic E-state index is 13.5. The average molecular weight is 409 g/mol. The van der Waals surface area contributed by atoms with Gasteiger partial charge in [-0.1, -0.05) is 0 Å². The van der Waals surface area contributed by atoms with E-state index < -0.39 is 0 Å². The van der Waals surface area contributed by atoms with Crippen molar-refractivity contribution in [1.29, 1.82) is 0 Å². The first kappa shape index (κ1) is 19.8. The fourth-order valence-electron chi connectivity index (χ4n) is 3.73. The van der Waals surface area contributed by atoms with Crippen molar-refractivity contribution in [3.8, 4) is 23.0 Å². The Bertz CT molecular complexity index is 1340. The number of hydrogen-bond donors (Lipinski definition) is 2. The molecule has 0 aliphatic rings. The number of fused-ring (bicyclic) bond motifs is 5. The average Bonchev–Trinajstić information content (AvgIpc) is 2.73. The Morgan fingerprint density at radius 3 is 2.20 bits per heavy atom. The lowest BCUT2D eigenvalue weighted by molar-refractivity contribution is 0.356. The molecule has 0 aliphatic carbocycles. The van der Waals surface area contributed by atoms with E-state index in [0.29, 0.717) is 51.8 Å². The number of phenolic OH excluding ortho intramolecular Hbond substituents is 2. The molecule has 0 saturated heterocycles. The maximum atomic E-state index is 13.5. The lowest BCUT2D eigenvalue weighted by Crippen LogP contribution is -2.27. The first-order chi connectivity index (χ1) is 14.3. The summed E-state index contributed by atoms with van der Waals surface area (Å²) >= 11 is 0. The largest absolute Gasteiger partial charge is 0.504 e. The predicted octanol–water partition coefficient (Wildman–Crippen LogP) is 2.69. The highest BCUT2D eigenvalue weighted by Gasteiger charge is 2.18. The SMILES string of the molecule is COc1cc2c(=O)n(CCN(C)C)c3c4cc(O)c(O)cc4ncc3c2cc1OC. The highest BCUT2D eigenvalue weighted by atomic mass is 16.5. The monoisotopic (exact) mass is 409 g/mol. The number of aromatic nitrogens is 2. The standard InChI is InChI=1S/C22H23N3O5/c1-24(2)5-6-25-21-14-7-17(26)18(27)10-16(14)23-11-15(21)12-8-19(29-3)20(30-4)9-13(12)22(25)28/h7-11,26-27H,5-6H2,1-4H3. The van der Waals surface area contributed by atoms with Crippen LogP contribution in [0.3, 0.4) is 0 Å². The van der Waals surface area contributed by atoms with Gasteiger partial charge in [0.2, 0.25) is 0 Å². The van der Waals surface area contributed by atoms with E-state index >= 15 is 0 Å². The number of nitrogens with zero attached hydrogens (tertiary/aromatic N) is 3. The van der Waals surface area contributed by atoms with Gasteiger partial charge in [-0.3, -0.25) is 9.78 Å². The summed E-state index contributed by atoms with van der Waals surface area (Å²) < 4.78 is 12.5. The minimum Gasteiger partial charge on any atom is -0.504 e. The van der Waals surface area contributed by atoms with E-state index in [1.807, 2.05) is 19.0 Å². The molecule has 4 rings (SSSR count). The minimum absolute atomic E-state index is 0.180. The summed E-state index contributed by atoms with van der Waals surface area (Å²) in [6, 6.07) is 6.28. The molecule has 8 nitrogen and oxygen atoms in total. The van der Waals surface area contributed by atoms with Gasteiger partial charge >= 0.3 is 0 Å². The van der Waals surface area contributed by atoms with Gasteiger partial charge in [-0.15, -0.1) is 0 Å². The van der Waals surface area contributed by atoms with E-state index in [-0.39, 0.29) is 17.1 Å². The van der Waals surface area contributed by atoms with Crippen LogP contribution in [0.15, 0.2) is 35.3 Å². The molecule has 0 saturated carbocycles. The van der Waals surface area contributed by atoms with E-state index in [1.165, 1.54) is 19.2 Å². The molecular weight excluding hydrogens is 386 g/mol. The van der Waals surface area contributed by atoms with Gasteiger partial charge in [-0.2, -0.15) is 0 Å². The number of aromatic hydroxyl groups is 2. The van der Waals surface area contributed by atoms with Crippen molar-refractivity contribution in [2.24, 2.45) is 0 Å². The van der Waals surface area contributed by atoms with Crippen molar-refractivity contribution in [3.05, 3.63) is 40.8 Å². The van der Waals surface area contributed by atoms with Crippen LogP contribution in [0.4, 0.5) is 0 Å². The summed E-state index contributed by atoms with van der Waals surface area (Å²) in [6.45, 7) is 1.08. The van der Waals surface area contributed by atoms with E-state index in [0.717, 1.165) is 5.39 Å². The van der Waals surface area contributed by atoms with Gasteiger partial charge in [0.05, 0.1) is 30.6 Å². The molecule has 0 amide bonds. The molecule has 0 bridgehead atoms. The molecule has 0 fully saturated rings. The quantitative estimate of drug-likeness (QED) is 0.386. The molecule has 2 aromatic heterocycles. The molecule has 8 heteroatoms. The summed E-state index contributed by atoms with van der Waals surface area (Å²) in [5.74, 6) is 0.446. The lowest BCUT2D eigenvalue weighted by atomic mass is 10.0. The highest BCUT2D eigenvalue weighted by molar-refractivity contribution is 6.15. The normalized spacial score (nSPS) is 11.6. The van der Waals surface area contributed by atoms with Crippen LogP contribution in [-0.4, -0.2) is 59.5 Å². The molecule has 0 unspecified atom stereocenters. The summed E-state index contributed by atoms with van der Waals surface area (Å²) in [5.41, 5.74) is 0.942. The van der Waals surface area contributed by atoms with Gasteiger partial charge in [0.15, 0.2) is 23.0 Å². The zero-order chi connectivity index (χ0) is 21.6. The molecule has 0 atom stereocenters. The van der Waals surface area contributed by atoms with Gasteiger partial charge in [0.25, 0.3) is 5.56 Å². The number of ether oxygens (including phenoxy) is 2. The maximum Gasteiger partial charge on any atom is 0.259 e. The van der Waals surface area contributed by atoms with Gasteiger partial charge in [0, 0.05) is 41.5 Å². The molecule has 2 aromatic carbocycles. The van der Waals surface area contributed by atoms with Crippen LogP contribution < -0.4 is 15.0 Å². The van der Waals surface area contributed by atoms with Gasteiger partial charge < -0.3 is 29.2 Å². The molecule has 156 valence electrons. The molecule has 4 aromatic rings. The van der Waals surface area contributed by atoms with Crippen LogP contribution in [0.1, 0.15) is 0 Å². The van der Waals surface area contributed by atoms with Crippen molar-refractivity contribution in [2.45, 2.75) is 6.54 Å². The van der Waals surface area contributed by atoms with Gasteiger partial charge in [-0.05, 0) is 32.3 Å². The van der Waals surface area contributed by atoms with Crippen LogP contribution in [0.5, 0.6) is 23.0 Å². The van der Waals surface area contributed by atoms with Gasteiger partial charge in [-0.25, -0.2) is 0 Å². The first-order valence-electron chi connectivity index (χ1n) is 9.43. The highest BCUT2D eigenvalue weighted by Crippen LogP contribution is 2.37. The molecule has 2 N–H and O–H groups in total. The molecule has 0 radical (unpaired) electrons. The number of likely N-dealkylation sites (N-methyl/N-ethyl adjacent to an activating group) is 1. The van der Waals surface area contributed by atoms with Crippen LogP contribution in [0, 0.1) is 0 Å². The second-order valence-electron chi connectivity index (χ2n) is 7.39. The Kier molecular flexibility index (Phi) is 4.87. The zero-order valence-electron chi connectivity index (χ0n) is 17.3. The molecule has 0 aliphatic heterocycles. The Morgan fingerprint density at radius 2 is 1.57 bits per heavy atom. The van der Waals surface area contributed by atoms with E-state index in [1.54, 1.807) is 30.0 Å². The van der Waals surface area contributed by atoms with Crippen LogP contribution in [0.25, 0.3) is 32.6 Å². The van der Waals surface area contributed by atoms with E-state index in [4.69, 9.17) is 9.47 Å². The Hall–Kier alpha value is -3.52. The second kappa shape index (κ2) is 7.38. The Labute approximate surface area is 172 Å². The predicted molar refractivity (Wildman–Crippen MR) is 116 cm³/mol. The summed E-state index contributed by atoms with van der Waals surface area (Å²) in [4.78, 5) is 20.0. The van der Waals surface area contributed by atoms with Crippen molar-refractivity contribution >= 4 is 32.6 Å². The van der Waals surface area contributed by atoms with E-state index in [2.05, 4.69) is 4.98 Å². The van der Waals surface area contributed by atoms with Crippen LogP contribution in [-0.2, 0) is 6.54 Å². The number of phenols is 2. The number of benzene rings is 2. The second-order valence-corrected chi connectivity index (χ2v) is 7.39. The van der Waals surface area contributed by atoms with Crippen molar-refractivity contribution < 1.29 is 19.7 Å². The Morgan fingerprint density at radius 1 is 0.933 bits per heavy atom. The van der Waals surface area contributed by atoms with Crippen molar-refractivity contribution in [2.75, 3.05) is 34.9 Å². The fraction of sp³-hybridized carbons (Fsp3) is 0.273. The molecular formula is C22H23N3O5. The molecule has 0 spiro atoms. The van der Waals surface area contributed by atoms with Crippen molar-refractivity contribution in [3.63, 3.8) is 0 Å². The molecule has 30 heavy (non-hydrogen) atoms. The van der Waals surface area contributed by atoms with Crippen molar-refractivity contribution in [1.82, 2.24) is 14.5 Å². The van der Waals surface area contributed by atoms with Gasteiger partial charge in [0.1, 0.15) is 0 Å². The fourth-order valence-corrected chi connectivity index (χ4v) is 3.73. The Balaban J connectivity index is 2.22. The minimum atomic E-state index is -0.268. The third kappa shape index (κ3) is 3.05. The number of pyridine rings is 2. The number of rotatable bonds is 5. The number of hydrogen-bond acceptors (Lipinski definition) is 7. The smallest absolute Gasteiger partial charge is 0.259 e. The third-order valence-electron chi connectivity index (χ3n) is 5.27. The summed E-state index contributed by atoms with van der Waals surface area (Å²) in [5, 5.41) is 22.5. The summed E-state index contributed by atoms with van der Waals surface area (Å²) in [7, 11) is 6.94. The summed E-state index contributed by atoms with van der Waals surface area (Å²) in [6.07, 6.45) is 1.67.